The molecular formula is C10H12Cl2S. The van der Waals surface area contributed by atoms with Crippen LogP contribution in [0.3, 0.4) is 0 Å². The normalized spacial score (nSPS) is 10.9. The predicted molar refractivity (Wildman–Crippen MR) is 62.3 cm³/mol. The molecule has 0 atom stereocenters. The third kappa shape index (κ3) is 2.55. The maximum Gasteiger partial charge on any atom is 0.0559 e. The number of benzene rings is 1. The molecule has 0 fully saturated rings. The average Bonchev–Trinajstić information content (AvgIpc) is 2.02. The lowest BCUT2D eigenvalue weighted by Gasteiger charge is -2.12. The molecule has 1 rings (SSSR count). The molecule has 72 valence electrons. The smallest absolute Gasteiger partial charge is 0.0559 e. The second-order valence-corrected chi connectivity index (χ2v) is 4.82. The summed E-state index contributed by atoms with van der Waals surface area (Å²) >= 11 is 13.7. The molecule has 0 radical (unpaired) electrons. The Labute approximate surface area is 93.6 Å². The van der Waals surface area contributed by atoms with E-state index in [2.05, 4.69) is 13.8 Å². The highest BCUT2D eigenvalue weighted by molar-refractivity contribution is 7.98. The Bertz CT molecular complexity index is 308. The first kappa shape index (κ1) is 11.2. The van der Waals surface area contributed by atoms with Gasteiger partial charge in [-0.2, -0.15) is 0 Å². The van der Waals surface area contributed by atoms with E-state index in [1.807, 2.05) is 12.3 Å². The summed E-state index contributed by atoms with van der Waals surface area (Å²) in [6, 6.07) is 3.78. The van der Waals surface area contributed by atoms with Crippen molar-refractivity contribution in [2.24, 2.45) is 0 Å². The predicted octanol–water partition coefficient (Wildman–Crippen LogP) is 4.84. The van der Waals surface area contributed by atoms with Gasteiger partial charge >= 0.3 is 0 Å². The van der Waals surface area contributed by atoms with Gasteiger partial charge in [0.1, 0.15) is 0 Å². The zero-order chi connectivity index (χ0) is 10.0. The Morgan fingerprint density at radius 1 is 1.23 bits per heavy atom. The maximum absolute atomic E-state index is 6.07. The molecule has 0 spiro atoms. The number of halogens is 2. The van der Waals surface area contributed by atoms with Gasteiger partial charge in [-0.1, -0.05) is 37.0 Å². The van der Waals surface area contributed by atoms with E-state index in [9.17, 15) is 0 Å². The molecule has 0 aliphatic carbocycles. The van der Waals surface area contributed by atoms with Crippen molar-refractivity contribution < 1.29 is 0 Å². The van der Waals surface area contributed by atoms with Crippen molar-refractivity contribution in [1.29, 1.82) is 0 Å². The van der Waals surface area contributed by atoms with Crippen LogP contribution in [0.5, 0.6) is 0 Å². The van der Waals surface area contributed by atoms with E-state index in [-0.39, 0.29) is 0 Å². The Morgan fingerprint density at radius 3 is 2.31 bits per heavy atom. The Balaban J connectivity index is 3.29. The van der Waals surface area contributed by atoms with E-state index in [1.165, 1.54) is 5.56 Å². The van der Waals surface area contributed by atoms with Crippen molar-refractivity contribution in [3.05, 3.63) is 27.7 Å². The molecule has 0 amide bonds. The lowest BCUT2D eigenvalue weighted by atomic mass is 10.0. The number of hydrogen-bond acceptors (Lipinski definition) is 1. The fourth-order valence-electron chi connectivity index (χ4n) is 1.22. The molecule has 0 nitrogen and oxygen atoms in total. The fraction of sp³-hybridized carbons (Fsp3) is 0.400. The Morgan fingerprint density at radius 2 is 1.85 bits per heavy atom. The van der Waals surface area contributed by atoms with Gasteiger partial charge in [-0.3, -0.25) is 0 Å². The highest BCUT2D eigenvalue weighted by atomic mass is 35.5. The summed E-state index contributed by atoms with van der Waals surface area (Å²) < 4.78 is 0. The van der Waals surface area contributed by atoms with E-state index >= 15 is 0 Å². The SMILES string of the molecule is CSc1c(Cl)cc(Cl)cc1C(C)C. The molecule has 0 heterocycles. The van der Waals surface area contributed by atoms with Crippen LogP contribution in [0, 0.1) is 0 Å². The minimum atomic E-state index is 0.457. The van der Waals surface area contributed by atoms with Gasteiger partial charge in [0.05, 0.1) is 5.02 Å². The van der Waals surface area contributed by atoms with E-state index < -0.39 is 0 Å². The van der Waals surface area contributed by atoms with Gasteiger partial charge in [0.15, 0.2) is 0 Å². The molecule has 3 heteroatoms. The third-order valence-electron chi connectivity index (χ3n) is 1.86. The second kappa shape index (κ2) is 4.59. The second-order valence-electron chi connectivity index (χ2n) is 3.16. The summed E-state index contributed by atoms with van der Waals surface area (Å²) in [6.45, 7) is 4.28. The van der Waals surface area contributed by atoms with Gasteiger partial charge in [-0.15, -0.1) is 11.8 Å². The first-order valence-corrected chi connectivity index (χ1v) is 6.07. The number of hydrogen-bond donors (Lipinski definition) is 0. The van der Waals surface area contributed by atoms with Crippen LogP contribution in [0.1, 0.15) is 25.3 Å². The van der Waals surface area contributed by atoms with E-state index in [0.29, 0.717) is 10.9 Å². The standard InChI is InChI=1S/C10H12Cl2S/c1-6(2)8-4-7(11)5-9(12)10(8)13-3/h4-6H,1-3H3. The fourth-order valence-corrected chi connectivity index (χ4v) is 2.75. The van der Waals surface area contributed by atoms with Crippen LogP contribution < -0.4 is 0 Å². The number of thioether (sulfide) groups is 1. The molecule has 0 unspecified atom stereocenters. The number of rotatable bonds is 2. The van der Waals surface area contributed by atoms with Gasteiger partial charge in [0.2, 0.25) is 0 Å². The molecule has 0 aliphatic rings. The summed E-state index contributed by atoms with van der Waals surface area (Å²) in [7, 11) is 0. The van der Waals surface area contributed by atoms with Crippen LogP contribution in [0.15, 0.2) is 17.0 Å². The highest BCUT2D eigenvalue weighted by Gasteiger charge is 2.10. The first-order valence-electron chi connectivity index (χ1n) is 4.09. The van der Waals surface area contributed by atoms with Crippen LogP contribution in [0.2, 0.25) is 10.0 Å². The average molecular weight is 235 g/mol. The Hall–Kier alpha value is 0.150. The highest BCUT2D eigenvalue weighted by Crippen LogP contribution is 2.35. The molecule has 0 aromatic heterocycles. The Kier molecular flexibility index (Phi) is 3.96. The zero-order valence-electron chi connectivity index (χ0n) is 7.90. The lowest BCUT2D eigenvalue weighted by Crippen LogP contribution is -1.91. The van der Waals surface area contributed by atoms with Gasteiger partial charge in [-0.25, -0.2) is 0 Å². The van der Waals surface area contributed by atoms with Gasteiger partial charge in [0, 0.05) is 9.92 Å². The summed E-state index contributed by atoms with van der Waals surface area (Å²) in [5, 5.41) is 1.47. The molecule has 0 saturated carbocycles. The lowest BCUT2D eigenvalue weighted by molar-refractivity contribution is 0.843. The van der Waals surface area contributed by atoms with Crippen molar-refractivity contribution in [3.8, 4) is 0 Å². The molecule has 1 aromatic carbocycles. The maximum atomic E-state index is 6.07. The van der Waals surface area contributed by atoms with Gasteiger partial charge in [0.25, 0.3) is 0 Å². The first-order chi connectivity index (χ1) is 6.06. The van der Waals surface area contributed by atoms with Crippen molar-refractivity contribution >= 4 is 35.0 Å². The minimum Gasteiger partial charge on any atom is -0.128 e. The molecule has 1 aromatic rings. The minimum absolute atomic E-state index is 0.457. The van der Waals surface area contributed by atoms with Crippen molar-refractivity contribution in [1.82, 2.24) is 0 Å². The van der Waals surface area contributed by atoms with Crippen LogP contribution in [-0.4, -0.2) is 6.26 Å². The van der Waals surface area contributed by atoms with Crippen LogP contribution in [-0.2, 0) is 0 Å². The molecule has 0 saturated heterocycles. The monoisotopic (exact) mass is 234 g/mol. The molecular weight excluding hydrogens is 223 g/mol. The quantitative estimate of drug-likeness (QED) is 0.661. The van der Waals surface area contributed by atoms with Crippen LogP contribution in [0.4, 0.5) is 0 Å². The van der Waals surface area contributed by atoms with Crippen LogP contribution >= 0.6 is 35.0 Å². The van der Waals surface area contributed by atoms with E-state index in [0.717, 1.165) is 9.92 Å². The molecule has 0 aliphatic heterocycles. The molecule has 13 heavy (non-hydrogen) atoms. The summed E-state index contributed by atoms with van der Waals surface area (Å²) in [5.41, 5.74) is 1.23. The molecule has 0 bridgehead atoms. The summed E-state index contributed by atoms with van der Waals surface area (Å²) in [4.78, 5) is 1.14. The van der Waals surface area contributed by atoms with Crippen molar-refractivity contribution in [2.45, 2.75) is 24.7 Å². The summed E-state index contributed by atoms with van der Waals surface area (Å²) in [5.74, 6) is 0.457. The van der Waals surface area contributed by atoms with Gasteiger partial charge < -0.3 is 0 Å². The molecule has 0 N–H and O–H groups in total. The summed E-state index contributed by atoms with van der Waals surface area (Å²) in [6.07, 6.45) is 2.03. The van der Waals surface area contributed by atoms with Crippen LogP contribution in [0.25, 0.3) is 0 Å². The van der Waals surface area contributed by atoms with E-state index in [1.54, 1.807) is 17.8 Å². The zero-order valence-corrected chi connectivity index (χ0v) is 10.2. The topological polar surface area (TPSA) is 0 Å². The van der Waals surface area contributed by atoms with Gasteiger partial charge in [-0.05, 0) is 29.9 Å². The third-order valence-corrected chi connectivity index (χ3v) is 3.36. The largest absolute Gasteiger partial charge is 0.128 e. The van der Waals surface area contributed by atoms with Crippen molar-refractivity contribution in [3.63, 3.8) is 0 Å². The van der Waals surface area contributed by atoms with Crippen molar-refractivity contribution in [2.75, 3.05) is 6.26 Å². The van der Waals surface area contributed by atoms with E-state index in [4.69, 9.17) is 23.2 Å².